The molecule has 0 radical (unpaired) electrons. The quantitative estimate of drug-likeness (QED) is 0.638. The first-order valence-corrected chi connectivity index (χ1v) is 7.79. The van der Waals surface area contributed by atoms with Gasteiger partial charge in [0.25, 0.3) is 0 Å². The third-order valence-electron chi connectivity index (χ3n) is 3.06. The van der Waals surface area contributed by atoms with Crippen molar-refractivity contribution >= 4 is 27.8 Å². The molecule has 0 spiro atoms. The van der Waals surface area contributed by atoms with Gasteiger partial charge in [-0.3, -0.25) is 9.59 Å². The van der Waals surface area contributed by atoms with Crippen LogP contribution in [0.15, 0.2) is 57.8 Å². The first-order valence-electron chi connectivity index (χ1n) is 7.00. The highest BCUT2D eigenvalue weighted by atomic mass is 79.9. The zero-order valence-corrected chi connectivity index (χ0v) is 14.0. The summed E-state index contributed by atoms with van der Waals surface area (Å²) in [7, 11) is 0. The molecule has 23 heavy (non-hydrogen) atoms. The van der Waals surface area contributed by atoms with Crippen LogP contribution in [0, 0.1) is 0 Å². The maximum Gasteiger partial charge on any atom is 0.220 e. The van der Waals surface area contributed by atoms with Crippen molar-refractivity contribution in [3.8, 4) is 11.5 Å². The van der Waals surface area contributed by atoms with E-state index in [0.717, 1.165) is 5.56 Å². The molecule has 0 saturated heterocycles. The Kier molecular flexibility index (Phi) is 5.71. The third kappa shape index (κ3) is 4.29. The van der Waals surface area contributed by atoms with Gasteiger partial charge in [0, 0.05) is 10.0 Å². The number of allylic oxidation sites excluding steroid dienone is 1. The maximum atomic E-state index is 12.3. The molecule has 118 valence electrons. The topological polar surface area (TPSA) is 63.6 Å². The molecular weight excluding hydrogens is 360 g/mol. The fraction of sp³-hybridized carbons (Fsp3) is 0.111. The summed E-state index contributed by atoms with van der Waals surface area (Å²) in [6.07, 6.45) is 2.90. The second kappa shape index (κ2) is 7.74. The number of aromatic hydroxyl groups is 1. The molecule has 0 atom stereocenters. The van der Waals surface area contributed by atoms with Crippen molar-refractivity contribution in [1.82, 2.24) is 0 Å². The molecular formula is C18H15BrO4. The van der Waals surface area contributed by atoms with E-state index >= 15 is 0 Å². The Bertz CT molecular complexity index is 812. The van der Waals surface area contributed by atoms with Crippen LogP contribution in [0.5, 0.6) is 11.5 Å². The van der Waals surface area contributed by atoms with Gasteiger partial charge in [-0.2, -0.15) is 0 Å². The van der Waals surface area contributed by atoms with Gasteiger partial charge in [0.1, 0.15) is 5.75 Å². The molecule has 4 nitrogen and oxygen atoms in total. The van der Waals surface area contributed by atoms with Crippen LogP contribution in [0.25, 0.3) is 6.08 Å². The van der Waals surface area contributed by atoms with Gasteiger partial charge in [0.2, 0.25) is 5.43 Å². The van der Waals surface area contributed by atoms with E-state index in [2.05, 4.69) is 15.9 Å². The van der Waals surface area contributed by atoms with Gasteiger partial charge in [0.05, 0.1) is 12.2 Å². The Morgan fingerprint density at radius 2 is 2.00 bits per heavy atom. The molecule has 0 amide bonds. The second-order valence-corrected chi connectivity index (χ2v) is 5.57. The van der Waals surface area contributed by atoms with Gasteiger partial charge < -0.3 is 9.84 Å². The number of ketones is 1. The predicted molar refractivity (Wildman–Crippen MR) is 93.1 cm³/mol. The normalized spacial score (nSPS) is 10.7. The summed E-state index contributed by atoms with van der Waals surface area (Å²) in [6, 6.07) is 11.4. The molecule has 0 bridgehead atoms. The Morgan fingerprint density at radius 1 is 1.26 bits per heavy atom. The van der Waals surface area contributed by atoms with Crippen LogP contribution in [0.3, 0.4) is 0 Å². The van der Waals surface area contributed by atoms with E-state index in [-0.39, 0.29) is 5.56 Å². The van der Waals surface area contributed by atoms with Crippen LogP contribution in [-0.4, -0.2) is 17.5 Å². The number of carbonyl (C=O) groups excluding carboxylic acids is 1. The highest BCUT2D eigenvalue weighted by Crippen LogP contribution is 2.21. The number of carbonyl (C=O) groups is 1. The van der Waals surface area contributed by atoms with Crippen LogP contribution < -0.4 is 10.2 Å². The lowest BCUT2D eigenvalue weighted by Crippen LogP contribution is -2.01. The van der Waals surface area contributed by atoms with Gasteiger partial charge >= 0.3 is 0 Å². The summed E-state index contributed by atoms with van der Waals surface area (Å²) in [6.45, 7) is 2.39. The third-order valence-corrected chi connectivity index (χ3v) is 3.56. The number of halogens is 1. The van der Waals surface area contributed by atoms with Gasteiger partial charge in [-0.25, -0.2) is 0 Å². The molecule has 0 heterocycles. The Balaban J connectivity index is 2.37. The van der Waals surface area contributed by atoms with E-state index < -0.39 is 17.0 Å². The van der Waals surface area contributed by atoms with E-state index in [0.29, 0.717) is 16.8 Å². The summed E-state index contributed by atoms with van der Waals surface area (Å²) < 4.78 is 6.01. The molecule has 0 saturated carbocycles. The average molecular weight is 375 g/mol. The number of ether oxygens (including phenoxy) is 1. The fourth-order valence-corrected chi connectivity index (χ4v) is 2.33. The summed E-state index contributed by atoms with van der Waals surface area (Å²) in [5, 5.41) is 9.88. The van der Waals surface area contributed by atoms with Crippen molar-refractivity contribution in [2.45, 2.75) is 6.92 Å². The highest BCUT2D eigenvalue weighted by molar-refractivity contribution is 9.10. The van der Waals surface area contributed by atoms with E-state index in [1.165, 1.54) is 24.3 Å². The van der Waals surface area contributed by atoms with Gasteiger partial charge in [-0.1, -0.05) is 34.1 Å². The molecule has 0 aliphatic rings. The highest BCUT2D eigenvalue weighted by Gasteiger charge is 2.11. The Morgan fingerprint density at radius 3 is 2.74 bits per heavy atom. The van der Waals surface area contributed by atoms with Crippen LogP contribution in [0.1, 0.15) is 22.8 Å². The van der Waals surface area contributed by atoms with Crippen molar-refractivity contribution in [3.63, 3.8) is 0 Å². The SMILES string of the molecule is CCOc1ccccc1/C=C/C(=O)c1cc(Br)ccc(=O)c1O. The largest absolute Gasteiger partial charge is 0.504 e. The molecule has 2 aromatic rings. The fourth-order valence-electron chi connectivity index (χ4n) is 1.97. The molecule has 0 fully saturated rings. The average Bonchev–Trinajstić information content (AvgIpc) is 2.67. The lowest BCUT2D eigenvalue weighted by molar-refractivity contribution is 0.104. The Labute approximate surface area is 142 Å². The van der Waals surface area contributed by atoms with E-state index in [1.54, 1.807) is 12.1 Å². The first-order chi connectivity index (χ1) is 11.0. The molecule has 0 unspecified atom stereocenters. The number of rotatable bonds is 5. The summed E-state index contributed by atoms with van der Waals surface area (Å²) in [5.74, 6) is -0.376. The van der Waals surface area contributed by atoms with Gasteiger partial charge in [-0.15, -0.1) is 0 Å². The minimum atomic E-state index is -0.609. The first kappa shape index (κ1) is 17.0. The van der Waals surface area contributed by atoms with E-state index in [4.69, 9.17) is 4.74 Å². The molecule has 0 aliphatic heterocycles. The standard InChI is InChI=1S/C18H15BrO4/c1-2-23-17-6-4-3-5-12(17)7-9-15(20)14-11-13(19)8-10-16(21)18(14)22/h3-11H,2H2,1H3,(H,21,22)/b9-7+. The number of hydrogen-bond acceptors (Lipinski definition) is 4. The zero-order valence-electron chi connectivity index (χ0n) is 12.5. The lowest BCUT2D eigenvalue weighted by Gasteiger charge is -2.06. The van der Waals surface area contributed by atoms with Crippen LogP contribution in [0.2, 0.25) is 0 Å². The minimum Gasteiger partial charge on any atom is -0.504 e. The van der Waals surface area contributed by atoms with Crippen molar-refractivity contribution < 1.29 is 14.6 Å². The van der Waals surface area contributed by atoms with Crippen LogP contribution in [0.4, 0.5) is 0 Å². The molecule has 0 aliphatic carbocycles. The Hall–Kier alpha value is -2.40. The van der Waals surface area contributed by atoms with Crippen molar-refractivity contribution in [2.24, 2.45) is 0 Å². The predicted octanol–water partition coefficient (Wildman–Crippen LogP) is 3.81. The van der Waals surface area contributed by atoms with E-state index in [1.807, 2.05) is 25.1 Å². The van der Waals surface area contributed by atoms with Crippen molar-refractivity contribution in [2.75, 3.05) is 6.61 Å². The molecule has 1 N–H and O–H groups in total. The lowest BCUT2D eigenvalue weighted by atomic mass is 10.1. The molecule has 0 aromatic heterocycles. The van der Waals surface area contributed by atoms with Crippen molar-refractivity contribution in [3.05, 3.63) is 74.4 Å². The molecule has 2 aromatic carbocycles. The van der Waals surface area contributed by atoms with Gasteiger partial charge in [0.15, 0.2) is 11.5 Å². The number of para-hydroxylation sites is 1. The smallest absolute Gasteiger partial charge is 0.220 e. The van der Waals surface area contributed by atoms with E-state index in [9.17, 15) is 14.7 Å². The summed E-state index contributed by atoms with van der Waals surface area (Å²) in [5.41, 5.74) is 0.0723. The second-order valence-electron chi connectivity index (χ2n) is 4.66. The maximum absolute atomic E-state index is 12.3. The zero-order chi connectivity index (χ0) is 16.8. The summed E-state index contributed by atoms with van der Waals surface area (Å²) in [4.78, 5) is 23.9. The van der Waals surface area contributed by atoms with Crippen molar-refractivity contribution in [1.29, 1.82) is 0 Å². The van der Waals surface area contributed by atoms with Crippen LogP contribution in [-0.2, 0) is 0 Å². The molecule has 2 rings (SSSR count). The van der Waals surface area contributed by atoms with Gasteiger partial charge in [-0.05, 0) is 43.3 Å². The summed E-state index contributed by atoms with van der Waals surface area (Å²) >= 11 is 3.21. The monoisotopic (exact) mass is 374 g/mol. The number of hydrogen-bond donors (Lipinski definition) is 1. The molecule has 5 heteroatoms. The number of benzene rings is 1. The minimum absolute atomic E-state index is 0.0583. The van der Waals surface area contributed by atoms with Crippen LogP contribution >= 0.6 is 15.9 Å².